The van der Waals surface area contributed by atoms with Crippen molar-refractivity contribution in [3.8, 4) is 35.4 Å². The van der Waals surface area contributed by atoms with Crippen LogP contribution in [0, 0.1) is 36.8 Å². The summed E-state index contributed by atoms with van der Waals surface area (Å²) in [4.78, 5) is 31.0. The fourth-order valence-electron chi connectivity index (χ4n) is 8.61. The summed E-state index contributed by atoms with van der Waals surface area (Å²) in [5, 5.41) is 15.4. The fourth-order valence-corrected chi connectivity index (χ4v) is 8.61. The molecule has 0 spiro atoms. The van der Waals surface area contributed by atoms with Gasteiger partial charge in [-0.1, -0.05) is 25.3 Å². The van der Waals surface area contributed by atoms with Crippen LogP contribution in [0.1, 0.15) is 68.2 Å². The Hall–Kier alpha value is -5.06. The number of ether oxygens (including phenoxy) is 1. The molecule has 0 aliphatic carbocycles. The second-order valence-corrected chi connectivity index (χ2v) is 14.6. The molecule has 1 unspecified atom stereocenters. The molecular weight excluding hydrogens is 682 g/mol. The van der Waals surface area contributed by atoms with E-state index in [-0.39, 0.29) is 50.9 Å². The molecule has 2 saturated heterocycles. The number of fused-ring (bicyclic) bond motifs is 2. The van der Waals surface area contributed by atoms with Crippen LogP contribution in [0.5, 0.6) is 11.8 Å². The average molecular weight is 725 g/mol. The number of halogens is 2. The smallest absolute Gasteiger partial charge is 0.508 e. The lowest BCUT2D eigenvalue weighted by molar-refractivity contribution is 0.108. The summed E-state index contributed by atoms with van der Waals surface area (Å²) < 4.78 is 49.3. The Morgan fingerprint density at radius 2 is 1.92 bits per heavy atom. The van der Waals surface area contributed by atoms with Crippen molar-refractivity contribution in [3.05, 3.63) is 69.3 Å². The van der Waals surface area contributed by atoms with Crippen LogP contribution >= 0.6 is 0 Å². The van der Waals surface area contributed by atoms with Gasteiger partial charge in [0.25, 0.3) is 0 Å². The number of benzene rings is 2. The number of hydrogen-bond acceptors (Lipinski definition) is 11. The third-order valence-electron chi connectivity index (χ3n) is 11.4. The van der Waals surface area contributed by atoms with Crippen molar-refractivity contribution in [1.29, 1.82) is 0 Å². The van der Waals surface area contributed by atoms with Gasteiger partial charge in [-0.25, -0.2) is 18.6 Å². The van der Waals surface area contributed by atoms with Gasteiger partial charge >= 0.3 is 11.8 Å². The third kappa shape index (κ3) is 6.48. The number of anilines is 1. The Kier molecular flexibility index (Phi) is 9.28. The fraction of sp³-hybridized carbons (Fsp3) is 0.450. The lowest BCUT2D eigenvalue weighted by Gasteiger charge is -2.31. The van der Waals surface area contributed by atoms with Gasteiger partial charge in [0.1, 0.15) is 41.0 Å². The highest BCUT2D eigenvalue weighted by Crippen LogP contribution is 2.41. The molecule has 0 amide bonds. The van der Waals surface area contributed by atoms with Crippen LogP contribution in [0.3, 0.4) is 0 Å². The molecule has 6 heterocycles. The highest BCUT2D eigenvalue weighted by molar-refractivity contribution is 6.03. The van der Waals surface area contributed by atoms with E-state index in [1.807, 2.05) is 0 Å². The number of aromatic nitrogens is 3. The molecule has 276 valence electrons. The molecule has 8 rings (SSSR count). The minimum absolute atomic E-state index is 0.0137. The van der Waals surface area contributed by atoms with E-state index in [0.29, 0.717) is 79.4 Å². The van der Waals surface area contributed by atoms with Gasteiger partial charge < -0.3 is 24.0 Å². The monoisotopic (exact) mass is 724 g/mol. The summed E-state index contributed by atoms with van der Waals surface area (Å²) in [6, 6.07) is 5.61. The van der Waals surface area contributed by atoms with Crippen molar-refractivity contribution in [3.63, 3.8) is 0 Å². The first-order chi connectivity index (χ1) is 25.7. The minimum atomic E-state index is -0.756. The van der Waals surface area contributed by atoms with E-state index in [0.717, 1.165) is 45.2 Å². The van der Waals surface area contributed by atoms with Crippen molar-refractivity contribution in [2.45, 2.75) is 70.9 Å². The quantitative estimate of drug-likeness (QED) is 0.177. The van der Waals surface area contributed by atoms with Gasteiger partial charge in [0.15, 0.2) is 11.6 Å². The molecule has 2 fully saturated rings. The second kappa shape index (κ2) is 14.1. The number of nitrogens with zero attached hydrogens (tertiary/aromatic N) is 5. The van der Waals surface area contributed by atoms with Gasteiger partial charge in [0.05, 0.1) is 28.7 Å². The van der Waals surface area contributed by atoms with Crippen molar-refractivity contribution in [1.82, 2.24) is 24.8 Å². The number of aryl methyl sites for hydroxylation is 2. The summed E-state index contributed by atoms with van der Waals surface area (Å²) in [5.41, 5.74) is 0.489. The molecule has 2 N–H and O–H groups in total. The zero-order chi connectivity index (χ0) is 36.9. The lowest BCUT2D eigenvalue weighted by atomic mass is 9.94. The Balaban J connectivity index is 1.27. The number of hydrogen-bond donors (Lipinski definition) is 2. The summed E-state index contributed by atoms with van der Waals surface area (Å²) in [6.07, 6.45) is 12.0. The van der Waals surface area contributed by atoms with Gasteiger partial charge in [-0.15, -0.1) is 6.42 Å². The van der Waals surface area contributed by atoms with Crippen LogP contribution in [0.4, 0.5) is 14.6 Å². The summed E-state index contributed by atoms with van der Waals surface area (Å²) in [6.45, 7) is 8.32. The van der Waals surface area contributed by atoms with Gasteiger partial charge in [0, 0.05) is 30.6 Å². The Morgan fingerprint density at radius 3 is 2.66 bits per heavy atom. The normalized spacial score (nSPS) is 19.2. The molecule has 0 bridgehead atoms. The van der Waals surface area contributed by atoms with Crippen LogP contribution < -0.4 is 15.9 Å². The maximum Gasteiger partial charge on any atom is 0.519 e. The van der Waals surface area contributed by atoms with Crippen molar-refractivity contribution < 1.29 is 27.5 Å². The first-order valence-corrected chi connectivity index (χ1v) is 18.4. The molecule has 0 saturated carbocycles. The van der Waals surface area contributed by atoms with Crippen LogP contribution in [0.25, 0.3) is 32.9 Å². The average Bonchev–Trinajstić information content (AvgIpc) is 3.82. The lowest BCUT2D eigenvalue weighted by Crippen LogP contribution is -2.43. The number of phenolic OH excluding ortho intramolecular Hbond substituents is 1. The van der Waals surface area contributed by atoms with Crippen molar-refractivity contribution in [2.75, 3.05) is 44.6 Å². The molecule has 13 heteroatoms. The summed E-state index contributed by atoms with van der Waals surface area (Å²) in [7, 11) is 0. The number of pyridine rings is 1. The Morgan fingerprint density at radius 1 is 1.11 bits per heavy atom. The van der Waals surface area contributed by atoms with E-state index in [1.54, 1.807) is 6.92 Å². The molecule has 1 atom stereocenters. The molecule has 3 aliphatic heterocycles. The number of nitrogens with one attached hydrogen (secondary N) is 1. The molecule has 11 nitrogen and oxygen atoms in total. The largest absolute Gasteiger partial charge is 0.519 e. The molecular formula is C40H42F2N6O5. The van der Waals surface area contributed by atoms with Gasteiger partial charge in [-0.2, -0.15) is 9.97 Å². The molecule has 5 aromatic rings. The molecule has 3 aromatic heterocycles. The van der Waals surface area contributed by atoms with Crippen molar-refractivity contribution >= 4 is 27.5 Å². The van der Waals surface area contributed by atoms with Crippen LogP contribution in [0.15, 0.2) is 37.9 Å². The van der Waals surface area contributed by atoms with E-state index in [1.165, 1.54) is 24.3 Å². The highest BCUT2D eigenvalue weighted by Gasteiger charge is 2.45. The Bertz CT molecular complexity index is 2310. The zero-order valence-electron chi connectivity index (χ0n) is 29.9. The zero-order valence-corrected chi connectivity index (χ0v) is 29.9. The minimum Gasteiger partial charge on any atom is -0.508 e. The van der Waals surface area contributed by atoms with E-state index in [9.17, 15) is 9.90 Å². The van der Waals surface area contributed by atoms with E-state index in [4.69, 9.17) is 34.9 Å². The number of aromatic hydroxyl groups is 1. The van der Waals surface area contributed by atoms with Crippen LogP contribution in [-0.2, 0) is 13.0 Å². The topological polar surface area (TPSA) is 130 Å². The first kappa shape index (κ1) is 35.0. The van der Waals surface area contributed by atoms with Gasteiger partial charge in [-0.3, -0.25) is 9.80 Å². The number of terminal acetylenes is 1. The first-order valence-electron chi connectivity index (χ1n) is 18.4. The third-order valence-corrected chi connectivity index (χ3v) is 11.4. The molecule has 0 radical (unpaired) electrons. The van der Waals surface area contributed by atoms with E-state index < -0.39 is 17.5 Å². The molecule has 53 heavy (non-hydrogen) atoms. The number of phenols is 1. The summed E-state index contributed by atoms with van der Waals surface area (Å²) in [5.74, 6) is 1.67. The van der Waals surface area contributed by atoms with Crippen LogP contribution in [-0.4, -0.2) is 74.7 Å². The number of rotatable bonds is 7. The highest BCUT2D eigenvalue weighted by atomic mass is 19.1. The molecule has 2 aromatic carbocycles. The predicted molar refractivity (Wildman–Crippen MR) is 196 cm³/mol. The maximum absolute atomic E-state index is 17.3. The van der Waals surface area contributed by atoms with Crippen molar-refractivity contribution in [2.24, 2.45) is 5.92 Å². The Labute approximate surface area is 305 Å². The van der Waals surface area contributed by atoms with E-state index >= 15 is 8.78 Å². The van der Waals surface area contributed by atoms with E-state index in [2.05, 4.69) is 28.0 Å². The maximum atomic E-state index is 17.3. The standard InChI is InChI=1S/C40H42F2N6O5/c1-4-24-8-11-30-33-36(34(42)35(44-30)28-19-26(49)18-25-9-10-29(41)27(5-2)32(25)28)45-38(51-22-40-12-6-15-48(40)16-7-13-40)46-37(33)43-14-17-47(20-24)21-31-23(3)52-39(50)53-31/h2,9-10,18-19,24,49H,4,6-8,11-17,20-22H2,1,3H3,(H,43,45,46). The van der Waals surface area contributed by atoms with Crippen LogP contribution in [0.2, 0.25) is 0 Å². The SMILES string of the molecule is C#Cc1c(F)ccc2cc(O)cc(-c3nc4c5c(nc(OCC67CCCN6CCC7)nc5c3F)NCCN(Cc3oc(=O)oc3C)CC(CC)CC4)c12. The summed E-state index contributed by atoms with van der Waals surface area (Å²) >= 11 is 0. The van der Waals surface area contributed by atoms with Gasteiger partial charge in [-0.05, 0) is 88.0 Å². The second-order valence-electron chi connectivity index (χ2n) is 14.6. The van der Waals surface area contributed by atoms with Gasteiger partial charge in [0.2, 0.25) is 0 Å². The predicted octanol–water partition coefficient (Wildman–Crippen LogP) is 6.56. The molecule has 3 aliphatic rings.